The average Bonchev–Trinajstić information content (AvgIpc) is 3.59. The summed E-state index contributed by atoms with van der Waals surface area (Å²) in [6, 6.07) is 19.7. The predicted molar refractivity (Wildman–Crippen MR) is 138 cm³/mol. The molecular weight excluding hydrogens is 452 g/mol. The molecule has 1 fully saturated rings. The minimum absolute atomic E-state index is 0.0862. The number of amides is 1. The van der Waals surface area contributed by atoms with Gasteiger partial charge >= 0.3 is 0 Å². The first kappa shape index (κ1) is 22.8. The third kappa shape index (κ3) is 4.50. The van der Waals surface area contributed by atoms with E-state index in [1.807, 2.05) is 59.5 Å². The van der Waals surface area contributed by atoms with E-state index in [0.717, 1.165) is 42.8 Å². The average molecular weight is 483 g/mol. The maximum absolute atomic E-state index is 13.2. The van der Waals surface area contributed by atoms with Crippen LogP contribution in [0.5, 0.6) is 0 Å². The summed E-state index contributed by atoms with van der Waals surface area (Å²) in [5, 5.41) is 12.3. The van der Waals surface area contributed by atoms with Gasteiger partial charge in [-0.3, -0.25) is 9.69 Å². The molecule has 0 unspecified atom stereocenters. The number of rotatable bonds is 5. The number of piperidine rings is 1. The third-order valence-electron chi connectivity index (χ3n) is 7.55. The van der Waals surface area contributed by atoms with Gasteiger partial charge in [-0.05, 0) is 72.4 Å². The van der Waals surface area contributed by atoms with Gasteiger partial charge in [0, 0.05) is 38.1 Å². The summed E-state index contributed by atoms with van der Waals surface area (Å²) in [4.78, 5) is 17.4. The fourth-order valence-corrected chi connectivity index (χ4v) is 5.36. The number of carbonyl (C=O) groups is 1. The van der Waals surface area contributed by atoms with Crippen LogP contribution in [0, 0.1) is 0 Å². The smallest absolute Gasteiger partial charge is 0.289 e. The Labute approximate surface area is 210 Å². The van der Waals surface area contributed by atoms with Gasteiger partial charge in [0.05, 0.1) is 11.9 Å². The van der Waals surface area contributed by atoms with Crippen LogP contribution in [0.1, 0.15) is 45.8 Å². The van der Waals surface area contributed by atoms with Crippen LogP contribution in [-0.2, 0) is 18.6 Å². The molecule has 1 saturated heterocycles. The van der Waals surface area contributed by atoms with Gasteiger partial charge in [-0.25, -0.2) is 0 Å². The van der Waals surface area contributed by atoms with E-state index in [4.69, 9.17) is 8.83 Å². The lowest BCUT2D eigenvalue weighted by atomic mass is 9.84. The Morgan fingerprint density at radius 3 is 2.64 bits per heavy atom. The second-order valence-electron chi connectivity index (χ2n) is 9.86. The molecule has 4 heterocycles. The van der Waals surface area contributed by atoms with E-state index in [2.05, 4.69) is 23.1 Å². The summed E-state index contributed by atoms with van der Waals surface area (Å²) >= 11 is 0. The lowest BCUT2D eigenvalue weighted by Crippen LogP contribution is -2.42. The van der Waals surface area contributed by atoms with Crippen LogP contribution in [0.3, 0.4) is 0 Å². The maximum atomic E-state index is 13.2. The lowest BCUT2D eigenvalue weighted by Gasteiger charge is -2.38. The fraction of sp³-hybridized carbons (Fsp3) is 0.300. The highest BCUT2D eigenvalue weighted by atomic mass is 16.3. The molecule has 1 amide bonds. The van der Waals surface area contributed by atoms with Crippen molar-refractivity contribution in [3.63, 3.8) is 0 Å². The van der Waals surface area contributed by atoms with Crippen molar-refractivity contribution in [1.29, 1.82) is 0 Å². The molecular formula is C30H30N2O4. The van der Waals surface area contributed by atoms with Gasteiger partial charge in [0.25, 0.3) is 5.91 Å². The Morgan fingerprint density at radius 1 is 1.00 bits per heavy atom. The number of fused-ring (bicyclic) bond motifs is 2. The molecule has 6 rings (SSSR count). The van der Waals surface area contributed by atoms with Crippen molar-refractivity contribution in [3.05, 3.63) is 101 Å². The lowest BCUT2D eigenvalue weighted by molar-refractivity contribution is -0.0232. The van der Waals surface area contributed by atoms with Crippen molar-refractivity contribution in [2.45, 2.75) is 31.4 Å². The molecule has 0 atom stereocenters. The first-order valence-corrected chi connectivity index (χ1v) is 12.6. The van der Waals surface area contributed by atoms with Gasteiger partial charge in [-0.1, -0.05) is 36.4 Å². The highest BCUT2D eigenvalue weighted by Gasteiger charge is 2.34. The molecule has 184 valence electrons. The fourth-order valence-electron chi connectivity index (χ4n) is 5.36. The summed E-state index contributed by atoms with van der Waals surface area (Å²) in [5.74, 6) is 1.11. The van der Waals surface area contributed by atoms with Crippen LogP contribution in [0.4, 0.5) is 0 Å². The Hall–Kier alpha value is -3.61. The molecule has 0 bridgehead atoms. The number of carbonyl (C=O) groups excluding carboxylic acids is 1. The molecule has 0 aliphatic carbocycles. The van der Waals surface area contributed by atoms with E-state index >= 15 is 0 Å². The number of hydrogen-bond acceptors (Lipinski definition) is 5. The van der Waals surface area contributed by atoms with E-state index in [1.54, 1.807) is 6.26 Å². The molecule has 2 aliphatic heterocycles. The molecule has 0 saturated carbocycles. The van der Waals surface area contributed by atoms with Crippen LogP contribution in [0.2, 0.25) is 0 Å². The SMILES string of the molecule is O=C(c1cc2cc(C3(O)CCN(C/C=C/c4ccco4)CC3)ccc2o1)N1CCc2ccccc2C1. The minimum Gasteiger partial charge on any atom is -0.465 e. The first-order valence-electron chi connectivity index (χ1n) is 12.6. The van der Waals surface area contributed by atoms with Crippen molar-refractivity contribution in [2.75, 3.05) is 26.2 Å². The van der Waals surface area contributed by atoms with Gasteiger partial charge in [0.15, 0.2) is 5.76 Å². The zero-order chi connectivity index (χ0) is 24.5. The van der Waals surface area contributed by atoms with Crippen LogP contribution in [0.15, 0.2) is 81.8 Å². The number of furan rings is 2. The summed E-state index contributed by atoms with van der Waals surface area (Å²) < 4.78 is 11.3. The maximum Gasteiger partial charge on any atom is 0.289 e. The topological polar surface area (TPSA) is 70.1 Å². The summed E-state index contributed by atoms with van der Waals surface area (Å²) in [6.07, 6.45) is 7.92. The molecule has 6 heteroatoms. The largest absolute Gasteiger partial charge is 0.465 e. The van der Waals surface area contributed by atoms with E-state index in [0.29, 0.717) is 37.3 Å². The highest BCUT2D eigenvalue weighted by Crippen LogP contribution is 2.35. The molecule has 1 N–H and O–H groups in total. The van der Waals surface area contributed by atoms with E-state index in [-0.39, 0.29) is 5.91 Å². The minimum atomic E-state index is -0.882. The van der Waals surface area contributed by atoms with Gasteiger partial charge in [-0.2, -0.15) is 0 Å². The van der Waals surface area contributed by atoms with Crippen LogP contribution in [-0.4, -0.2) is 47.0 Å². The number of aliphatic hydroxyl groups is 1. The van der Waals surface area contributed by atoms with Gasteiger partial charge in [0.2, 0.25) is 0 Å². The Morgan fingerprint density at radius 2 is 1.83 bits per heavy atom. The van der Waals surface area contributed by atoms with Crippen molar-refractivity contribution >= 4 is 23.0 Å². The van der Waals surface area contributed by atoms with Gasteiger partial charge in [0.1, 0.15) is 11.3 Å². The zero-order valence-corrected chi connectivity index (χ0v) is 20.2. The second kappa shape index (κ2) is 9.45. The Bertz CT molecular complexity index is 1390. The standard InChI is InChI=1S/C30H30N2O4/c33-29(32-15-11-22-5-1-2-6-23(22)21-32)28-20-24-19-25(9-10-27(24)36-28)30(34)12-16-31(17-13-30)14-3-7-26-8-4-18-35-26/h1-10,18-20,34H,11-17,21H2/b7-3+. The molecule has 2 aromatic heterocycles. The van der Waals surface area contributed by atoms with Crippen molar-refractivity contribution in [1.82, 2.24) is 9.80 Å². The van der Waals surface area contributed by atoms with Crippen molar-refractivity contribution in [2.24, 2.45) is 0 Å². The first-order chi connectivity index (χ1) is 17.6. The Kier molecular flexibility index (Phi) is 5.99. The molecule has 4 aromatic rings. The van der Waals surface area contributed by atoms with E-state index in [9.17, 15) is 9.90 Å². The van der Waals surface area contributed by atoms with Gasteiger partial charge < -0.3 is 18.8 Å². The van der Waals surface area contributed by atoms with E-state index < -0.39 is 5.60 Å². The van der Waals surface area contributed by atoms with Gasteiger partial charge in [-0.15, -0.1) is 0 Å². The van der Waals surface area contributed by atoms with Crippen molar-refractivity contribution < 1.29 is 18.7 Å². The Balaban J connectivity index is 1.12. The normalized spacial score (nSPS) is 18.1. The second-order valence-corrected chi connectivity index (χ2v) is 9.86. The molecule has 36 heavy (non-hydrogen) atoms. The van der Waals surface area contributed by atoms with Crippen LogP contribution >= 0.6 is 0 Å². The summed E-state index contributed by atoms with van der Waals surface area (Å²) in [7, 11) is 0. The number of nitrogens with zero attached hydrogens (tertiary/aromatic N) is 2. The quantitative estimate of drug-likeness (QED) is 0.422. The predicted octanol–water partition coefficient (Wildman–Crippen LogP) is 5.22. The van der Waals surface area contributed by atoms with Crippen molar-refractivity contribution in [3.8, 4) is 0 Å². The number of likely N-dealkylation sites (tertiary alicyclic amines) is 1. The summed E-state index contributed by atoms with van der Waals surface area (Å²) in [6.45, 7) is 3.73. The van der Waals surface area contributed by atoms with E-state index in [1.165, 1.54) is 11.1 Å². The number of hydrogen-bond donors (Lipinski definition) is 1. The molecule has 6 nitrogen and oxygen atoms in total. The molecule has 0 spiro atoms. The van der Waals surface area contributed by atoms with Crippen LogP contribution < -0.4 is 0 Å². The monoisotopic (exact) mass is 482 g/mol. The molecule has 2 aromatic carbocycles. The molecule has 0 radical (unpaired) electrons. The molecule has 2 aliphatic rings. The highest BCUT2D eigenvalue weighted by molar-refractivity contribution is 5.96. The zero-order valence-electron chi connectivity index (χ0n) is 20.2. The third-order valence-corrected chi connectivity index (χ3v) is 7.55. The number of benzene rings is 2. The summed E-state index contributed by atoms with van der Waals surface area (Å²) in [5.41, 5.74) is 3.17. The van der Waals surface area contributed by atoms with Crippen LogP contribution in [0.25, 0.3) is 17.0 Å².